The standard InChI is InChI=1S/C12H13F2N3/c1-9(12(13)14)16-10-3-2-4-11(7-10)17-6-5-15-8-17/h2-9,12,16H,1H3. The third-order valence-corrected chi connectivity index (χ3v) is 2.42. The van der Waals surface area contributed by atoms with Gasteiger partial charge < -0.3 is 9.88 Å². The highest BCUT2D eigenvalue weighted by Crippen LogP contribution is 2.16. The monoisotopic (exact) mass is 237 g/mol. The molecule has 5 heteroatoms. The molecule has 1 aromatic heterocycles. The van der Waals surface area contributed by atoms with E-state index in [1.165, 1.54) is 6.92 Å². The van der Waals surface area contributed by atoms with Crippen LogP contribution < -0.4 is 5.32 Å². The van der Waals surface area contributed by atoms with Crippen LogP contribution >= 0.6 is 0 Å². The third-order valence-electron chi connectivity index (χ3n) is 2.42. The van der Waals surface area contributed by atoms with E-state index in [1.807, 2.05) is 16.7 Å². The highest BCUT2D eigenvalue weighted by molar-refractivity contribution is 5.51. The van der Waals surface area contributed by atoms with Gasteiger partial charge in [-0.3, -0.25) is 0 Å². The van der Waals surface area contributed by atoms with Crippen molar-refractivity contribution in [2.45, 2.75) is 19.4 Å². The Bertz CT molecular complexity index is 468. The minimum Gasteiger partial charge on any atom is -0.377 e. The van der Waals surface area contributed by atoms with Gasteiger partial charge in [0.2, 0.25) is 0 Å². The summed E-state index contributed by atoms with van der Waals surface area (Å²) >= 11 is 0. The molecule has 2 aromatic rings. The van der Waals surface area contributed by atoms with E-state index < -0.39 is 12.5 Å². The minimum absolute atomic E-state index is 0.670. The Kier molecular flexibility index (Phi) is 3.37. The SMILES string of the molecule is CC(Nc1cccc(-n2ccnc2)c1)C(F)F. The summed E-state index contributed by atoms with van der Waals surface area (Å²) in [6.07, 6.45) is 2.75. The van der Waals surface area contributed by atoms with Gasteiger partial charge in [0, 0.05) is 23.8 Å². The molecule has 0 aliphatic rings. The predicted octanol–water partition coefficient (Wildman–Crippen LogP) is 2.94. The van der Waals surface area contributed by atoms with Crippen LogP contribution in [0.2, 0.25) is 0 Å². The molecule has 0 saturated heterocycles. The van der Waals surface area contributed by atoms with Gasteiger partial charge in [0.15, 0.2) is 0 Å². The van der Waals surface area contributed by atoms with Crippen LogP contribution in [0.15, 0.2) is 43.0 Å². The fraction of sp³-hybridized carbons (Fsp3) is 0.250. The third kappa shape index (κ3) is 2.81. The number of nitrogens with zero attached hydrogens (tertiary/aromatic N) is 2. The number of aromatic nitrogens is 2. The summed E-state index contributed by atoms with van der Waals surface area (Å²) < 4.78 is 26.6. The van der Waals surface area contributed by atoms with E-state index in [9.17, 15) is 8.78 Å². The molecule has 0 radical (unpaired) electrons. The molecule has 0 spiro atoms. The molecule has 1 unspecified atom stereocenters. The zero-order valence-corrected chi connectivity index (χ0v) is 9.35. The Morgan fingerprint density at radius 1 is 1.35 bits per heavy atom. The number of hydrogen-bond donors (Lipinski definition) is 1. The Morgan fingerprint density at radius 3 is 2.82 bits per heavy atom. The average Bonchev–Trinajstić information content (AvgIpc) is 2.82. The van der Waals surface area contributed by atoms with Crippen LogP contribution in [0, 0.1) is 0 Å². The van der Waals surface area contributed by atoms with E-state index in [0.717, 1.165) is 5.69 Å². The summed E-state index contributed by atoms with van der Waals surface area (Å²) in [4.78, 5) is 3.94. The van der Waals surface area contributed by atoms with Crippen LogP contribution in [0.3, 0.4) is 0 Å². The summed E-state index contributed by atoms with van der Waals surface area (Å²) in [5, 5.41) is 2.76. The lowest BCUT2D eigenvalue weighted by Crippen LogP contribution is -2.23. The van der Waals surface area contributed by atoms with Gasteiger partial charge in [-0.15, -0.1) is 0 Å². The van der Waals surface area contributed by atoms with Crippen molar-refractivity contribution in [3.63, 3.8) is 0 Å². The molecule has 0 saturated carbocycles. The van der Waals surface area contributed by atoms with Crippen LogP contribution in [0.25, 0.3) is 5.69 Å². The van der Waals surface area contributed by atoms with Crippen molar-refractivity contribution in [3.8, 4) is 5.69 Å². The summed E-state index contributed by atoms with van der Waals surface area (Å²) in [6, 6.07) is 6.41. The first kappa shape index (κ1) is 11.6. The summed E-state index contributed by atoms with van der Waals surface area (Å²) in [5.74, 6) is 0. The van der Waals surface area contributed by atoms with Crippen LogP contribution in [0.4, 0.5) is 14.5 Å². The Balaban J connectivity index is 2.18. The lowest BCUT2D eigenvalue weighted by Gasteiger charge is -2.15. The lowest BCUT2D eigenvalue weighted by atomic mass is 10.2. The zero-order chi connectivity index (χ0) is 12.3. The quantitative estimate of drug-likeness (QED) is 0.886. The van der Waals surface area contributed by atoms with E-state index >= 15 is 0 Å². The van der Waals surface area contributed by atoms with Crippen LogP contribution in [-0.2, 0) is 0 Å². The first-order valence-corrected chi connectivity index (χ1v) is 5.30. The molecule has 1 atom stereocenters. The number of halogens is 2. The fourth-order valence-electron chi connectivity index (χ4n) is 1.49. The molecule has 1 aromatic carbocycles. The molecular weight excluding hydrogens is 224 g/mol. The van der Waals surface area contributed by atoms with E-state index in [0.29, 0.717) is 5.69 Å². The van der Waals surface area contributed by atoms with E-state index in [1.54, 1.807) is 30.9 Å². The minimum atomic E-state index is -2.38. The van der Waals surface area contributed by atoms with Crippen molar-refractivity contribution in [2.75, 3.05) is 5.32 Å². The van der Waals surface area contributed by atoms with E-state index in [2.05, 4.69) is 10.3 Å². The summed E-state index contributed by atoms with van der Waals surface area (Å²) in [5.41, 5.74) is 1.55. The number of imidazole rings is 1. The normalized spacial score (nSPS) is 12.7. The molecule has 3 nitrogen and oxygen atoms in total. The number of benzene rings is 1. The molecule has 0 fully saturated rings. The van der Waals surface area contributed by atoms with Gasteiger partial charge in [0.05, 0.1) is 12.4 Å². The summed E-state index contributed by atoms with van der Waals surface area (Å²) in [7, 11) is 0. The predicted molar refractivity (Wildman–Crippen MR) is 62.7 cm³/mol. The van der Waals surface area contributed by atoms with Crippen molar-refractivity contribution in [2.24, 2.45) is 0 Å². The highest BCUT2D eigenvalue weighted by atomic mass is 19.3. The largest absolute Gasteiger partial charge is 0.377 e. The van der Waals surface area contributed by atoms with Gasteiger partial charge in [-0.25, -0.2) is 13.8 Å². The maximum absolute atomic E-state index is 12.4. The van der Waals surface area contributed by atoms with Gasteiger partial charge in [0.25, 0.3) is 6.43 Å². The van der Waals surface area contributed by atoms with Crippen LogP contribution in [0.5, 0.6) is 0 Å². The molecule has 0 aliphatic carbocycles. The number of hydrogen-bond acceptors (Lipinski definition) is 2. The lowest BCUT2D eigenvalue weighted by molar-refractivity contribution is 0.131. The average molecular weight is 237 g/mol. The van der Waals surface area contributed by atoms with Crippen molar-refractivity contribution in [1.29, 1.82) is 0 Å². The van der Waals surface area contributed by atoms with Crippen molar-refractivity contribution < 1.29 is 8.78 Å². The Morgan fingerprint density at radius 2 is 2.18 bits per heavy atom. The molecule has 0 amide bonds. The number of anilines is 1. The second-order valence-corrected chi connectivity index (χ2v) is 3.79. The van der Waals surface area contributed by atoms with Gasteiger partial charge in [-0.2, -0.15) is 0 Å². The Labute approximate surface area is 98.1 Å². The second-order valence-electron chi connectivity index (χ2n) is 3.79. The van der Waals surface area contributed by atoms with Crippen molar-refractivity contribution >= 4 is 5.69 Å². The smallest absolute Gasteiger partial charge is 0.258 e. The van der Waals surface area contributed by atoms with Gasteiger partial charge >= 0.3 is 0 Å². The molecule has 1 heterocycles. The first-order chi connectivity index (χ1) is 8.16. The molecule has 1 N–H and O–H groups in total. The Hall–Kier alpha value is -1.91. The number of rotatable bonds is 4. The summed E-state index contributed by atoms with van der Waals surface area (Å²) in [6.45, 7) is 1.45. The number of alkyl halides is 2. The van der Waals surface area contributed by atoms with Gasteiger partial charge in [-0.1, -0.05) is 6.07 Å². The molecular formula is C12H13F2N3. The molecule has 90 valence electrons. The van der Waals surface area contributed by atoms with Crippen molar-refractivity contribution in [3.05, 3.63) is 43.0 Å². The van der Waals surface area contributed by atoms with Gasteiger partial charge in [-0.05, 0) is 25.1 Å². The maximum atomic E-state index is 12.4. The molecule has 0 aliphatic heterocycles. The fourth-order valence-corrected chi connectivity index (χ4v) is 1.49. The first-order valence-electron chi connectivity index (χ1n) is 5.30. The second kappa shape index (κ2) is 4.95. The van der Waals surface area contributed by atoms with Crippen LogP contribution in [0.1, 0.15) is 6.92 Å². The topological polar surface area (TPSA) is 29.9 Å². The van der Waals surface area contributed by atoms with E-state index in [4.69, 9.17) is 0 Å². The molecule has 17 heavy (non-hydrogen) atoms. The molecule has 0 bridgehead atoms. The number of nitrogens with one attached hydrogen (secondary N) is 1. The zero-order valence-electron chi connectivity index (χ0n) is 9.35. The van der Waals surface area contributed by atoms with Gasteiger partial charge in [0.1, 0.15) is 0 Å². The van der Waals surface area contributed by atoms with Crippen LogP contribution in [-0.4, -0.2) is 22.0 Å². The van der Waals surface area contributed by atoms with E-state index in [-0.39, 0.29) is 0 Å². The molecule has 2 rings (SSSR count). The highest BCUT2D eigenvalue weighted by Gasteiger charge is 2.13. The van der Waals surface area contributed by atoms with Crippen molar-refractivity contribution in [1.82, 2.24) is 9.55 Å². The maximum Gasteiger partial charge on any atom is 0.258 e.